The largest absolute Gasteiger partial charge is 0.387 e. The van der Waals surface area contributed by atoms with Crippen molar-refractivity contribution in [3.63, 3.8) is 0 Å². The lowest BCUT2D eigenvalue weighted by molar-refractivity contribution is -0.0691. The zero-order chi connectivity index (χ0) is 15.4. The van der Waals surface area contributed by atoms with Gasteiger partial charge >= 0.3 is 0 Å². The van der Waals surface area contributed by atoms with Crippen molar-refractivity contribution in [3.8, 4) is 0 Å². The summed E-state index contributed by atoms with van der Waals surface area (Å²) in [7, 11) is 0. The highest BCUT2D eigenvalue weighted by molar-refractivity contribution is 5.88. The smallest absolute Gasteiger partial charge is 0.155 e. The van der Waals surface area contributed by atoms with Crippen LogP contribution in [0.4, 0.5) is 0 Å². The molecule has 0 radical (unpaired) electrons. The van der Waals surface area contributed by atoms with Crippen molar-refractivity contribution in [1.82, 2.24) is 4.90 Å². The summed E-state index contributed by atoms with van der Waals surface area (Å²) in [5.41, 5.74) is 2.49. The molecule has 3 nitrogen and oxygen atoms in total. The molecule has 2 aliphatic heterocycles. The Morgan fingerprint density at radius 3 is 2.86 bits per heavy atom. The molecule has 3 rings (SSSR count). The first-order valence-corrected chi connectivity index (χ1v) is 8.65. The molecule has 2 heterocycles. The predicted octanol–water partition coefficient (Wildman–Crippen LogP) is 3.89. The lowest BCUT2D eigenvalue weighted by Gasteiger charge is -2.38. The number of nitrogens with zero attached hydrogens (tertiary/aromatic N) is 2. The molecule has 1 aromatic rings. The maximum absolute atomic E-state index is 5.95. The van der Waals surface area contributed by atoms with Crippen LogP contribution in [0.15, 0.2) is 35.5 Å². The summed E-state index contributed by atoms with van der Waals surface area (Å²) in [5.74, 6) is 0.771. The summed E-state index contributed by atoms with van der Waals surface area (Å²) in [6, 6.07) is 10.6. The topological polar surface area (TPSA) is 24.8 Å². The SMILES string of the molecule is CC(C)CCN1CCCC2(CC(Cc3ccccc3)=NO2)C1. The maximum atomic E-state index is 5.95. The second-order valence-electron chi connectivity index (χ2n) is 7.33. The van der Waals surface area contributed by atoms with Gasteiger partial charge in [-0.3, -0.25) is 4.90 Å². The number of piperidine rings is 1. The molecule has 1 spiro atoms. The first-order valence-electron chi connectivity index (χ1n) is 8.65. The van der Waals surface area contributed by atoms with Gasteiger partial charge < -0.3 is 4.84 Å². The Morgan fingerprint density at radius 2 is 2.09 bits per heavy atom. The lowest BCUT2D eigenvalue weighted by atomic mass is 9.86. The average molecular weight is 300 g/mol. The van der Waals surface area contributed by atoms with Gasteiger partial charge in [0.15, 0.2) is 5.60 Å². The third-order valence-corrected chi connectivity index (χ3v) is 4.79. The number of hydrogen-bond donors (Lipinski definition) is 0. The van der Waals surface area contributed by atoms with Crippen LogP contribution in [0.5, 0.6) is 0 Å². The van der Waals surface area contributed by atoms with Crippen molar-refractivity contribution in [2.24, 2.45) is 11.1 Å². The second kappa shape index (κ2) is 6.82. The molecule has 2 aliphatic rings. The van der Waals surface area contributed by atoms with Crippen LogP contribution in [0.2, 0.25) is 0 Å². The van der Waals surface area contributed by atoms with Gasteiger partial charge in [0.2, 0.25) is 0 Å². The van der Waals surface area contributed by atoms with Gasteiger partial charge in [-0.2, -0.15) is 0 Å². The Labute approximate surface area is 134 Å². The van der Waals surface area contributed by atoms with Crippen LogP contribution in [0, 0.1) is 5.92 Å². The van der Waals surface area contributed by atoms with Gasteiger partial charge in [-0.1, -0.05) is 49.3 Å². The van der Waals surface area contributed by atoms with E-state index in [9.17, 15) is 0 Å². The summed E-state index contributed by atoms with van der Waals surface area (Å²) >= 11 is 0. The summed E-state index contributed by atoms with van der Waals surface area (Å²) in [4.78, 5) is 8.52. The van der Waals surface area contributed by atoms with Crippen molar-refractivity contribution in [2.45, 2.75) is 51.6 Å². The summed E-state index contributed by atoms with van der Waals surface area (Å²) in [6.45, 7) is 8.05. The average Bonchev–Trinajstić information content (AvgIpc) is 2.88. The van der Waals surface area contributed by atoms with E-state index < -0.39 is 0 Å². The minimum Gasteiger partial charge on any atom is -0.387 e. The van der Waals surface area contributed by atoms with Gasteiger partial charge in [-0.15, -0.1) is 0 Å². The van der Waals surface area contributed by atoms with E-state index in [2.05, 4.69) is 54.2 Å². The van der Waals surface area contributed by atoms with Gasteiger partial charge in [0.05, 0.1) is 5.71 Å². The molecule has 1 fully saturated rings. The minimum atomic E-state index is -0.0423. The zero-order valence-electron chi connectivity index (χ0n) is 13.9. The number of benzene rings is 1. The van der Waals surface area contributed by atoms with Crippen molar-refractivity contribution < 1.29 is 4.84 Å². The van der Waals surface area contributed by atoms with Crippen LogP contribution in [-0.4, -0.2) is 35.8 Å². The maximum Gasteiger partial charge on any atom is 0.155 e. The molecule has 0 aliphatic carbocycles. The Balaban J connectivity index is 1.55. The number of likely N-dealkylation sites (tertiary alicyclic amines) is 1. The molecule has 0 amide bonds. The molecule has 0 bridgehead atoms. The van der Waals surface area contributed by atoms with E-state index in [-0.39, 0.29) is 5.60 Å². The Bertz CT molecular complexity index is 511. The van der Waals surface area contributed by atoms with Crippen LogP contribution >= 0.6 is 0 Å². The first-order chi connectivity index (χ1) is 10.7. The van der Waals surface area contributed by atoms with E-state index in [0.717, 1.165) is 31.7 Å². The van der Waals surface area contributed by atoms with Crippen LogP contribution in [-0.2, 0) is 11.3 Å². The molecule has 3 heteroatoms. The van der Waals surface area contributed by atoms with Crippen LogP contribution in [0.25, 0.3) is 0 Å². The van der Waals surface area contributed by atoms with E-state index in [1.807, 2.05) is 0 Å². The summed E-state index contributed by atoms with van der Waals surface area (Å²) in [6.07, 6.45) is 5.57. The van der Waals surface area contributed by atoms with Gasteiger partial charge in [-0.05, 0) is 43.8 Å². The second-order valence-corrected chi connectivity index (χ2v) is 7.33. The van der Waals surface area contributed by atoms with Crippen LogP contribution < -0.4 is 0 Å². The van der Waals surface area contributed by atoms with Crippen molar-refractivity contribution in [1.29, 1.82) is 0 Å². The van der Waals surface area contributed by atoms with E-state index in [1.54, 1.807) is 0 Å². The normalized spacial score (nSPS) is 25.5. The van der Waals surface area contributed by atoms with E-state index >= 15 is 0 Å². The van der Waals surface area contributed by atoms with E-state index in [1.165, 1.54) is 37.2 Å². The molecule has 0 aromatic heterocycles. The molecule has 120 valence electrons. The fourth-order valence-corrected chi connectivity index (χ4v) is 3.56. The van der Waals surface area contributed by atoms with E-state index in [0.29, 0.717) is 0 Å². The monoisotopic (exact) mass is 300 g/mol. The first kappa shape index (κ1) is 15.5. The summed E-state index contributed by atoms with van der Waals surface area (Å²) < 4.78 is 0. The van der Waals surface area contributed by atoms with Gasteiger partial charge in [-0.25, -0.2) is 0 Å². The van der Waals surface area contributed by atoms with Crippen molar-refractivity contribution >= 4 is 5.71 Å². The summed E-state index contributed by atoms with van der Waals surface area (Å²) in [5, 5.41) is 4.43. The zero-order valence-corrected chi connectivity index (χ0v) is 13.9. The highest BCUT2D eigenvalue weighted by Gasteiger charge is 2.42. The predicted molar refractivity (Wildman–Crippen MR) is 91.1 cm³/mol. The fourth-order valence-electron chi connectivity index (χ4n) is 3.56. The minimum absolute atomic E-state index is 0.0423. The highest BCUT2D eigenvalue weighted by Crippen LogP contribution is 2.34. The molecule has 1 atom stereocenters. The standard InChI is InChI=1S/C19H28N2O/c1-16(2)9-12-21-11-6-10-19(15-21)14-18(20-22-19)13-17-7-4-3-5-8-17/h3-5,7-8,16H,6,9-15H2,1-2H3. The van der Waals surface area contributed by atoms with Crippen molar-refractivity contribution in [3.05, 3.63) is 35.9 Å². The third kappa shape index (κ3) is 3.89. The van der Waals surface area contributed by atoms with Crippen LogP contribution in [0.1, 0.15) is 45.1 Å². The fraction of sp³-hybridized carbons (Fsp3) is 0.632. The molecular formula is C19H28N2O. The lowest BCUT2D eigenvalue weighted by Crippen LogP contribution is -2.48. The molecule has 0 N–H and O–H groups in total. The van der Waals surface area contributed by atoms with Gasteiger partial charge in [0.25, 0.3) is 0 Å². The number of hydrogen-bond acceptors (Lipinski definition) is 3. The molecule has 1 saturated heterocycles. The third-order valence-electron chi connectivity index (χ3n) is 4.79. The Hall–Kier alpha value is -1.35. The Kier molecular flexibility index (Phi) is 4.82. The van der Waals surface area contributed by atoms with Gasteiger partial charge in [0, 0.05) is 19.4 Å². The molecule has 22 heavy (non-hydrogen) atoms. The number of rotatable bonds is 5. The van der Waals surface area contributed by atoms with Crippen molar-refractivity contribution in [2.75, 3.05) is 19.6 Å². The Morgan fingerprint density at radius 1 is 1.27 bits per heavy atom. The van der Waals surface area contributed by atoms with E-state index in [4.69, 9.17) is 4.84 Å². The highest BCUT2D eigenvalue weighted by atomic mass is 16.7. The number of oxime groups is 1. The molecule has 0 saturated carbocycles. The molecule has 1 aromatic carbocycles. The molecule has 1 unspecified atom stereocenters. The quantitative estimate of drug-likeness (QED) is 0.824. The van der Waals surface area contributed by atoms with Gasteiger partial charge in [0.1, 0.15) is 0 Å². The van der Waals surface area contributed by atoms with Crippen LogP contribution in [0.3, 0.4) is 0 Å². The molecular weight excluding hydrogens is 272 g/mol.